The zero-order chi connectivity index (χ0) is 10.7. The number of hydrogen-bond donors (Lipinski definition) is 1. The molecule has 0 aliphatic rings. The van der Waals surface area contributed by atoms with Crippen LogP contribution in [0.1, 0.15) is 24.5 Å². The topological polar surface area (TPSA) is 38.1 Å². The molecule has 0 radical (unpaired) electrons. The number of nitrogens with one attached hydrogen (secondary N) is 1. The van der Waals surface area contributed by atoms with Gasteiger partial charge >= 0.3 is 0 Å². The van der Waals surface area contributed by atoms with Gasteiger partial charge in [0.1, 0.15) is 11.5 Å². The van der Waals surface area contributed by atoms with Gasteiger partial charge in [-0.2, -0.15) is 0 Å². The largest absolute Gasteiger partial charge is 0.464 e. The van der Waals surface area contributed by atoms with E-state index in [1.165, 1.54) is 0 Å². The van der Waals surface area contributed by atoms with Crippen molar-refractivity contribution < 1.29 is 4.42 Å². The number of rotatable bonds is 3. The van der Waals surface area contributed by atoms with E-state index < -0.39 is 0 Å². The van der Waals surface area contributed by atoms with Gasteiger partial charge in [-0.3, -0.25) is 4.98 Å². The van der Waals surface area contributed by atoms with E-state index in [9.17, 15) is 0 Å². The standard InChI is InChI=1S/C12H14N2O/c1-9-3-4-12(15-9)10(2)14-11-5-7-13-8-6-11/h3-8,10H,1-2H3,(H,13,14). The molecule has 0 fully saturated rings. The molecule has 2 rings (SSSR count). The highest BCUT2D eigenvalue weighted by atomic mass is 16.3. The van der Waals surface area contributed by atoms with Crippen LogP contribution in [0.2, 0.25) is 0 Å². The average molecular weight is 202 g/mol. The predicted octanol–water partition coefficient (Wildman–Crippen LogP) is 3.16. The van der Waals surface area contributed by atoms with E-state index in [0.717, 1.165) is 17.2 Å². The number of pyridine rings is 1. The van der Waals surface area contributed by atoms with Crippen LogP contribution >= 0.6 is 0 Å². The molecule has 2 heterocycles. The molecule has 3 heteroatoms. The zero-order valence-corrected chi connectivity index (χ0v) is 8.90. The molecule has 1 unspecified atom stereocenters. The second kappa shape index (κ2) is 4.17. The second-order valence-electron chi connectivity index (χ2n) is 3.55. The van der Waals surface area contributed by atoms with Crippen molar-refractivity contribution in [1.29, 1.82) is 0 Å². The predicted molar refractivity (Wildman–Crippen MR) is 59.7 cm³/mol. The Kier molecular flexibility index (Phi) is 2.72. The summed E-state index contributed by atoms with van der Waals surface area (Å²) >= 11 is 0. The van der Waals surface area contributed by atoms with Crippen molar-refractivity contribution in [2.75, 3.05) is 5.32 Å². The summed E-state index contributed by atoms with van der Waals surface area (Å²) in [6.07, 6.45) is 3.53. The van der Waals surface area contributed by atoms with Crippen LogP contribution in [0.3, 0.4) is 0 Å². The van der Waals surface area contributed by atoms with Crippen LogP contribution < -0.4 is 5.32 Å². The van der Waals surface area contributed by atoms with Gasteiger partial charge in [0.05, 0.1) is 6.04 Å². The van der Waals surface area contributed by atoms with Crippen molar-refractivity contribution in [1.82, 2.24) is 4.98 Å². The van der Waals surface area contributed by atoms with Crippen LogP contribution in [0, 0.1) is 6.92 Å². The third-order valence-corrected chi connectivity index (χ3v) is 2.25. The van der Waals surface area contributed by atoms with E-state index in [1.54, 1.807) is 12.4 Å². The fraction of sp³-hybridized carbons (Fsp3) is 0.250. The van der Waals surface area contributed by atoms with Gasteiger partial charge in [0.2, 0.25) is 0 Å². The third kappa shape index (κ3) is 2.37. The van der Waals surface area contributed by atoms with Gasteiger partial charge in [-0.1, -0.05) is 0 Å². The van der Waals surface area contributed by atoms with Crippen molar-refractivity contribution in [3.05, 3.63) is 48.2 Å². The maximum Gasteiger partial charge on any atom is 0.126 e. The average Bonchev–Trinajstić information content (AvgIpc) is 2.66. The molecule has 1 atom stereocenters. The maximum absolute atomic E-state index is 5.54. The second-order valence-corrected chi connectivity index (χ2v) is 3.55. The van der Waals surface area contributed by atoms with Crippen LogP contribution in [0.4, 0.5) is 5.69 Å². The monoisotopic (exact) mass is 202 g/mol. The van der Waals surface area contributed by atoms with Crippen LogP contribution in [0.5, 0.6) is 0 Å². The van der Waals surface area contributed by atoms with Gasteiger partial charge in [0, 0.05) is 18.1 Å². The van der Waals surface area contributed by atoms with E-state index in [0.29, 0.717) is 0 Å². The molecule has 0 bridgehead atoms. The molecule has 0 saturated heterocycles. The van der Waals surface area contributed by atoms with Crippen LogP contribution in [0.25, 0.3) is 0 Å². The summed E-state index contributed by atoms with van der Waals surface area (Å²) in [6, 6.07) is 8.01. The van der Waals surface area contributed by atoms with Gasteiger partial charge in [-0.05, 0) is 38.1 Å². The summed E-state index contributed by atoms with van der Waals surface area (Å²) in [5, 5.41) is 3.34. The lowest BCUT2D eigenvalue weighted by molar-refractivity contribution is 0.467. The van der Waals surface area contributed by atoms with E-state index >= 15 is 0 Å². The molecule has 78 valence electrons. The molecule has 2 aromatic rings. The third-order valence-electron chi connectivity index (χ3n) is 2.25. The van der Waals surface area contributed by atoms with Crippen LogP contribution in [-0.4, -0.2) is 4.98 Å². The fourth-order valence-corrected chi connectivity index (χ4v) is 1.46. The van der Waals surface area contributed by atoms with Crippen molar-refractivity contribution in [2.45, 2.75) is 19.9 Å². The van der Waals surface area contributed by atoms with Crippen molar-refractivity contribution >= 4 is 5.69 Å². The molecular weight excluding hydrogens is 188 g/mol. The first-order valence-electron chi connectivity index (χ1n) is 4.98. The van der Waals surface area contributed by atoms with Crippen LogP contribution in [-0.2, 0) is 0 Å². The summed E-state index contributed by atoms with van der Waals surface area (Å²) in [6.45, 7) is 4.02. The first-order chi connectivity index (χ1) is 7.25. The van der Waals surface area contributed by atoms with Gasteiger partial charge in [-0.15, -0.1) is 0 Å². The highest BCUT2D eigenvalue weighted by molar-refractivity contribution is 5.42. The number of aryl methyl sites for hydroxylation is 1. The first kappa shape index (κ1) is 9.77. The van der Waals surface area contributed by atoms with Gasteiger partial charge in [0.15, 0.2) is 0 Å². The Bertz CT molecular complexity index is 422. The quantitative estimate of drug-likeness (QED) is 0.830. The Morgan fingerprint density at radius 1 is 1.20 bits per heavy atom. The lowest BCUT2D eigenvalue weighted by atomic mass is 10.2. The Labute approximate surface area is 89.1 Å². The minimum absolute atomic E-state index is 0.168. The van der Waals surface area contributed by atoms with Crippen molar-refractivity contribution in [3.63, 3.8) is 0 Å². The van der Waals surface area contributed by atoms with Crippen molar-refractivity contribution in [2.24, 2.45) is 0 Å². The molecule has 0 aliphatic carbocycles. The molecule has 3 nitrogen and oxygen atoms in total. The number of furan rings is 1. The Morgan fingerprint density at radius 3 is 2.53 bits per heavy atom. The van der Waals surface area contributed by atoms with Gasteiger partial charge in [-0.25, -0.2) is 0 Å². The summed E-state index contributed by atoms with van der Waals surface area (Å²) in [7, 11) is 0. The highest BCUT2D eigenvalue weighted by Gasteiger charge is 2.08. The minimum Gasteiger partial charge on any atom is -0.464 e. The summed E-state index contributed by atoms with van der Waals surface area (Å²) in [5.41, 5.74) is 1.05. The molecule has 0 aromatic carbocycles. The highest BCUT2D eigenvalue weighted by Crippen LogP contribution is 2.20. The molecule has 15 heavy (non-hydrogen) atoms. The summed E-state index contributed by atoms with van der Waals surface area (Å²) < 4.78 is 5.54. The molecule has 0 saturated carbocycles. The van der Waals surface area contributed by atoms with E-state index in [1.807, 2.05) is 31.2 Å². The molecule has 0 aliphatic heterocycles. The lowest BCUT2D eigenvalue weighted by Gasteiger charge is -2.12. The summed E-state index contributed by atoms with van der Waals surface area (Å²) in [4.78, 5) is 3.97. The smallest absolute Gasteiger partial charge is 0.126 e. The zero-order valence-electron chi connectivity index (χ0n) is 8.90. The molecule has 1 N–H and O–H groups in total. The maximum atomic E-state index is 5.54. The number of anilines is 1. The van der Waals surface area contributed by atoms with Crippen molar-refractivity contribution in [3.8, 4) is 0 Å². The SMILES string of the molecule is Cc1ccc(C(C)Nc2ccncc2)o1. The Balaban J connectivity index is 2.07. The van der Waals surface area contributed by atoms with E-state index in [4.69, 9.17) is 4.42 Å². The van der Waals surface area contributed by atoms with E-state index in [-0.39, 0.29) is 6.04 Å². The first-order valence-corrected chi connectivity index (χ1v) is 4.98. The number of aromatic nitrogens is 1. The summed E-state index contributed by atoms with van der Waals surface area (Å²) in [5.74, 6) is 1.89. The molecule has 0 amide bonds. The van der Waals surface area contributed by atoms with E-state index in [2.05, 4.69) is 17.2 Å². The molecule has 0 spiro atoms. The minimum atomic E-state index is 0.168. The number of nitrogens with zero attached hydrogens (tertiary/aromatic N) is 1. The molecule has 2 aromatic heterocycles. The fourth-order valence-electron chi connectivity index (χ4n) is 1.46. The van der Waals surface area contributed by atoms with Gasteiger partial charge < -0.3 is 9.73 Å². The van der Waals surface area contributed by atoms with Gasteiger partial charge in [0.25, 0.3) is 0 Å². The Hall–Kier alpha value is -1.77. The number of hydrogen-bond acceptors (Lipinski definition) is 3. The van der Waals surface area contributed by atoms with Crippen LogP contribution in [0.15, 0.2) is 41.1 Å². The normalized spacial score (nSPS) is 12.4. The Morgan fingerprint density at radius 2 is 1.93 bits per heavy atom. The lowest BCUT2D eigenvalue weighted by Crippen LogP contribution is -2.05. The molecular formula is C12H14N2O.